The molecule has 0 saturated heterocycles. The largest absolute Gasteiger partial charge is 0.368 e. The van der Waals surface area contributed by atoms with E-state index >= 15 is 0 Å². The summed E-state index contributed by atoms with van der Waals surface area (Å²) in [5, 5.41) is 3.16. The number of nitrogens with zero attached hydrogens (tertiary/aromatic N) is 2. The van der Waals surface area contributed by atoms with Crippen molar-refractivity contribution in [2.45, 2.75) is 6.92 Å². The van der Waals surface area contributed by atoms with Gasteiger partial charge in [0.1, 0.15) is 5.82 Å². The number of hydrogen-bond acceptors (Lipinski definition) is 4. The van der Waals surface area contributed by atoms with Crippen LogP contribution in [-0.2, 0) is 0 Å². The van der Waals surface area contributed by atoms with Gasteiger partial charge in [0.15, 0.2) is 0 Å². The van der Waals surface area contributed by atoms with Crippen LogP contribution in [0.4, 0.5) is 17.5 Å². The highest BCUT2D eigenvalue weighted by molar-refractivity contribution is 9.10. The van der Waals surface area contributed by atoms with E-state index in [9.17, 15) is 0 Å². The van der Waals surface area contributed by atoms with Crippen LogP contribution in [0.5, 0.6) is 0 Å². The van der Waals surface area contributed by atoms with Gasteiger partial charge in [-0.1, -0.05) is 17.7 Å². The average molecular weight is 279 g/mol. The van der Waals surface area contributed by atoms with Crippen LogP contribution in [0.3, 0.4) is 0 Å². The molecular weight excluding hydrogens is 268 g/mol. The maximum Gasteiger partial charge on any atom is 0.222 e. The Hall–Kier alpha value is -1.62. The van der Waals surface area contributed by atoms with Gasteiger partial charge >= 0.3 is 0 Å². The van der Waals surface area contributed by atoms with Gasteiger partial charge in [0.05, 0.1) is 4.47 Å². The van der Waals surface area contributed by atoms with E-state index in [0.717, 1.165) is 10.2 Å². The first kappa shape index (κ1) is 10.9. The molecular formula is C11H11BrN4. The molecule has 0 aliphatic rings. The summed E-state index contributed by atoms with van der Waals surface area (Å²) in [5.74, 6) is 0.911. The van der Waals surface area contributed by atoms with Crippen molar-refractivity contribution in [3.8, 4) is 0 Å². The van der Waals surface area contributed by atoms with E-state index in [1.807, 2.05) is 31.2 Å². The number of rotatable bonds is 2. The van der Waals surface area contributed by atoms with Crippen LogP contribution in [0.25, 0.3) is 0 Å². The van der Waals surface area contributed by atoms with Crippen LogP contribution in [0.15, 0.2) is 34.9 Å². The molecule has 0 amide bonds. The number of anilines is 3. The van der Waals surface area contributed by atoms with Crippen LogP contribution in [0, 0.1) is 6.92 Å². The molecule has 0 radical (unpaired) electrons. The fraction of sp³-hybridized carbons (Fsp3) is 0.0909. The van der Waals surface area contributed by atoms with Crippen molar-refractivity contribution in [1.29, 1.82) is 0 Å². The number of hydrogen-bond donors (Lipinski definition) is 2. The zero-order chi connectivity index (χ0) is 11.5. The second-order valence-corrected chi connectivity index (χ2v) is 4.27. The number of nitrogens with two attached hydrogens (primary N) is 1. The molecule has 0 aliphatic carbocycles. The van der Waals surface area contributed by atoms with E-state index in [4.69, 9.17) is 5.73 Å². The number of aromatic nitrogens is 2. The minimum absolute atomic E-state index is 0.248. The van der Waals surface area contributed by atoms with Crippen molar-refractivity contribution >= 4 is 33.4 Å². The summed E-state index contributed by atoms with van der Waals surface area (Å²) in [4.78, 5) is 7.97. The van der Waals surface area contributed by atoms with Crippen molar-refractivity contribution in [1.82, 2.24) is 9.97 Å². The molecule has 0 atom stereocenters. The van der Waals surface area contributed by atoms with E-state index < -0.39 is 0 Å². The third-order valence-electron chi connectivity index (χ3n) is 2.08. The van der Waals surface area contributed by atoms with Gasteiger partial charge in [-0.3, -0.25) is 0 Å². The second-order valence-electron chi connectivity index (χ2n) is 3.42. The summed E-state index contributed by atoms with van der Waals surface area (Å²) in [7, 11) is 0. The lowest BCUT2D eigenvalue weighted by Crippen LogP contribution is -2.00. The standard InChI is InChI=1S/C11H11BrN4/c1-7-2-4-8(5-3-7)15-10-9(12)6-14-11(13)16-10/h2-6H,1H3,(H3,13,14,15,16). The first-order chi connectivity index (χ1) is 7.65. The van der Waals surface area contributed by atoms with E-state index in [2.05, 4.69) is 31.2 Å². The molecule has 82 valence electrons. The quantitative estimate of drug-likeness (QED) is 0.887. The van der Waals surface area contributed by atoms with Gasteiger partial charge in [-0.15, -0.1) is 0 Å². The summed E-state index contributed by atoms with van der Waals surface area (Å²) >= 11 is 3.36. The number of benzene rings is 1. The Kier molecular flexibility index (Phi) is 3.05. The zero-order valence-corrected chi connectivity index (χ0v) is 10.3. The predicted octanol–water partition coefficient (Wildman–Crippen LogP) is 2.87. The van der Waals surface area contributed by atoms with Crippen LogP contribution in [-0.4, -0.2) is 9.97 Å². The van der Waals surface area contributed by atoms with E-state index in [-0.39, 0.29) is 5.95 Å². The smallest absolute Gasteiger partial charge is 0.222 e. The SMILES string of the molecule is Cc1ccc(Nc2nc(N)ncc2Br)cc1. The fourth-order valence-electron chi connectivity index (χ4n) is 1.24. The number of aryl methyl sites for hydroxylation is 1. The van der Waals surface area contributed by atoms with E-state index in [0.29, 0.717) is 5.82 Å². The third-order valence-corrected chi connectivity index (χ3v) is 2.66. The molecule has 0 bridgehead atoms. The Bertz CT molecular complexity index is 496. The first-order valence-corrected chi connectivity index (χ1v) is 5.56. The van der Waals surface area contributed by atoms with Crippen molar-refractivity contribution in [3.05, 3.63) is 40.5 Å². The maximum absolute atomic E-state index is 5.52. The molecule has 5 heteroatoms. The van der Waals surface area contributed by atoms with Crippen molar-refractivity contribution in [2.75, 3.05) is 11.1 Å². The Balaban J connectivity index is 2.26. The molecule has 16 heavy (non-hydrogen) atoms. The van der Waals surface area contributed by atoms with Crippen LogP contribution >= 0.6 is 15.9 Å². The molecule has 2 aromatic rings. The molecule has 0 fully saturated rings. The monoisotopic (exact) mass is 278 g/mol. The Morgan fingerprint density at radius 1 is 1.25 bits per heavy atom. The number of nitrogens with one attached hydrogen (secondary N) is 1. The zero-order valence-electron chi connectivity index (χ0n) is 8.74. The van der Waals surface area contributed by atoms with Gasteiger partial charge in [0, 0.05) is 11.9 Å². The van der Waals surface area contributed by atoms with Gasteiger partial charge in [-0.05, 0) is 35.0 Å². The summed E-state index contributed by atoms with van der Waals surface area (Å²) in [6.07, 6.45) is 1.62. The maximum atomic E-state index is 5.52. The average Bonchev–Trinajstić information content (AvgIpc) is 2.27. The lowest BCUT2D eigenvalue weighted by Gasteiger charge is -2.07. The molecule has 1 aromatic heterocycles. The fourth-order valence-corrected chi connectivity index (χ4v) is 1.53. The van der Waals surface area contributed by atoms with Gasteiger partial charge in [-0.2, -0.15) is 4.98 Å². The number of halogens is 1. The lowest BCUT2D eigenvalue weighted by atomic mass is 10.2. The Morgan fingerprint density at radius 2 is 1.94 bits per heavy atom. The molecule has 4 nitrogen and oxygen atoms in total. The van der Waals surface area contributed by atoms with Crippen molar-refractivity contribution < 1.29 is 0 Å². The molecule has 0 spiro atoms. The molecule has 0 unspecified atom stereocenters. The van der Waals surface area contributed by atoms with E-state index in [1.165, 1.54) is 5.56 Å². The summed E-state index contributed by atoms with van der Waals surface area (Å²) < 4.78 is 0.780. The summed E-state index contributed by atoms with van der Waals surface area (Å²) in [6.45, 7) is 2.04. The lowest BCUT2D eigenvalue weighted by molar-refractivity contribution is 1.17. The molecule has 2 rings (SSSR count). The Labute approximate surface area is 102 Å². The van der Waals surface area contributed by atoms with Crippen LogP contribution in [0.2, 0.25) is 0 Å². The van der Waals surface area contributed by atoms with Crippen molar-refractivity contribution in [2.24, 2.45) is 0 Å². The molecule has 1 aromatic carbocycles. The van der Waals surface area contributed by atoms with Gasteiger partial charge < -0.3 is 11.1 Å². The van der Waals surface area contributed by atoms with Crippen LogP contribution < -0.4 is 11.1 Å². The molecule has 0 aliphatic heterocycles. The first-order valence-electron chi connectivity index (χ1n) is 4.77. The van der Waals surface area contributed by atoms with Gasteiger partial charge in [0.25, 0.3) is 0 Å². The van der Waals surface area contributed by atoms with Gasteiger partial charge in [0.2, 0.25) is 5.95 Å². The second kappa shape index (κ2) is 4.49. The topological polar surface area (TPSA) is 63.8 Å². The Morgan fingerprint density at radius 3 is 2.62 bits per heavy atom. The molecule has 0 saturated carbocycles. The molecule has 1 heterocycles. The van der Waals surface area contributed by atoms with E-state index in [1.54, 1.807) is 6.20 Å². The normalized spacial score (nSPS) is 10.1. The van der Waals surface area contributed by atoms with Crippen LogP contribution in [0.1, 0.15) is 5.56 Å². The van der Waals surface area contributed by atoms with Crippen molar-refractivity contribution in [3.63, 3.8) is 0 Å². The predicted molar refractivity (Wildman–Crippen MR) is 68.6 cm³/mol. The highest BCUT2D eigenvalue weighted by Gasteiger charge is 2.03. The molecule has 3 N–H and O–H groups in total. The third kappa shape index (κ3) is 2.49. The minimum atomic E-state index is 0.248. The highest BCUT2D eigenvalue weighted by Crippen LogP contribution is 2.23. The van der Waals surface area contributed by atoms with Gasteiger partial charge in [-0.25, -0.2) is 4.98 Å². The summed E-state index contributed by atoms with van der Waals surface area (Å²) in [5.41, 5.74) is 7.70. The minimum Gasteiger partial charge on any atom is -0.368 e. The number of nitrogen functional groups attached to an aromatic ring is 1. The summed E-state index contributed by atoms with van der Waals surface area (Å²) in [6, 6.07) is 8.03. The highest BCUT2D eigenvalue weighted by atomic mass is 79.9.